The van der Waals surface area contributed by atoms with Gasteiger partial charge in [-0.05, 0) is 59.2 Å². The van der Waals surface area contributed by atoms with E-state index < -0.39 is 6.10 Å². The van der Waals surface area contributed by atoms with Crippen LogP contribution < -0.4 is 10.1 Å². The summed E-state index contributed by atoms with van der Waals surface area (Å²) in [7, 11) is 1.64. The Morgan fingerprint density at radius 1 is 1.03 bits per heavy atom. The first kappa shape index (κ1) is 23.5. The second kappa shape index (κ2) is 10.2. The smallest absolute Gasteiger partial charge is 0.123 e. The lowest BCUT2D eigenvalue weighted by Gasteiger charge is -2.38. The molecule has 3 N–H and O–H groups in total. The average Bonchev–Trinajstić information content (AvgIpc) is 3.28. The molecule has 3 atom stereocenters. The van der Waals surface area contributed by atoms with Gasteiger partial charge in [-0.15, -0.1) is 0 Å². The van der Waals surface area contributed by atoms with E-state index in [2.05, 4.69) is 10.3 Å². The van der Waals surface area contributed by atoms with Crippen molar-refractivity contribution in [1.29, 1.82) is 0 Å². The molecule has 4 aromatic rings. The summed E-state index contributed by atoms with van der Waals surface area (Å²) in [5, 5.41) is 15.5. The zero-order chi connectivity index (χ0) is 24.4. The van der Waals surface area contributed by atoms with Crippen LogP contribution in [-0.4, -0.2) is 42.1 Å². The highest BCUT2D eigenvalue weighted by molar-refractivity contribution is 5.84. The second-order valence-electron chi connectivity index (χ2n) is 8.97. The van der Waals surface area contributed by atoms with Gasteiger partial charge in [-0.25, -0.2) is 8.78 Å². The number of hydrogen-bond donors (Lipinski definition) is 3. The summed E-state index contributed by atoms with van der Waals surface area (Å²) in [6, 6.07) is 18.1. The van der Waals surface area contributed by atoms with E-state index in [1.165, 1.54) is 24.3 Å². The summed E-state index contributed by atoms with van der Waals surface area (Å²) in [5.74, 6) is -0.117. The molecule has 0 aliphatic carbocycles. The Labute approximate surface area is 202 Å². The van der Waals surface area contributed by atoms with E-state index in [1.807, 2.05) is 24.4 Å². The molecule has 3 unspecified atom stereocenters. The van der Waals surface area contributed by atoms with Gasteiger partial charge in [0.25, 0.3) is 0 Å². The van der Waals surface area contributed by atoms with Crippen molar-refractivity contribution in [2.45, 2.75) is 37.1 Å². The van der Waals surface area contributed by atoms with Gasteiger partial charge >= 0.3 is 0 Å². The minimum atomic E-state index is -0.642. The molecule has 2 heterocycles. The van der Waals surface area contributed by atoms with E-state index in [1.54, 1.807) is 31.4 Å². The van der Waals surface area contributed by atoms with Gasteiger partial charge < -0.3 is 24.9 Å². The maximum Gasteiger partial charge on any atom is 0.123 e. The highest BCUT2D eigenvalue weighted by atomic mass is 19.1. The number of hydrogen-bond acceptors (Lipinski definition) is 4. The van der Waals surface area contributed by atoms with Gasteiger partial charge in [0, 0.05) is 36.0 Å². The molecular weight excluding hydrogens is 450 g/mol. The number of ether oxygens (including phenoxy) is 2. The number of aliphatic hydroxyl groups excluding tert-OH is 1. The molecule has 1 aliphatic heterocycles. The molecule has 0 radical (unpaired) electrons. The van der Waals surface area contributed by atoms with Crippen molar-refractivity contribution in [2.75, 3.05) is 13.7 Å². The number of halogens is 2. The molecule has 5 rings (SSSR count). The number of nitrogens with one attached hydrogen (secondary N) is 2. The van der Waals surface area contributed by atoms with Crippen LogP contribution in [-0.2, 0) is 11.3 Å². The van der Waals surface area contributed by atoms with Gasteiger partial charge in [0.1, 0.15) is 17.4 Å². The van der Waals surface area contributed by atoms with E-state index in [0.717, 1.165) is 33.3 Å². The molecule has 3 aromatic carbocycles. The summed E-state index contributed by atoms with van der Waals surface area (Å²) in [4.78, 5) is 3.26. The number of benzene rings is 3. The maximum absolute atomic E-state index is 13.6. The van der Waals surface area contributed by atoms with Crippen LogP contribution in [0.5, 0.6) is 5.75 Å². The van der Waals surface area contributed by atoms with Crippen LogP contribution in [0.25, 0.3) is 10.9 Å². The number of aromatic nitrogens is 1. The van der Waals surface area contributed by atoms with E-state index in [0.29, 0.717) is 19.6 Å². The Bertz CT molecular complexity index is 1230. The molecule has 0 amide bonds. The number of fused-ring (bicyclic) bond motifs is 1. The SMILES string of the molecule is COc1ccc2[nH]cc(CNC3COC(C(c4ccc(F)cc4)c4ccc(F)cc4)CC3O)c2c1. The van der Waals surface area contributed by atoms with Gasteiger partial charge in [0.2, 0.25) is 0 Å². The summed E-state index contributed by atoms with van der Waals surface area (Å²) in [5.41, 5.74) is 3.80. The van der Waals surface area contributed by atoms with E-state index in [4.69, 9.17) is 9.47 Å². The minimum Gasteiger partial charge on any atom is -0.497 e. The molecular formula is C28H28F2N2O3. The lowest BCUT2D eigenvalue weighted by Crippen LogP contribution is -2.50. The number of H-pyrrole nitrogens is 1. The van der Waals surface area contributed by atoms with Crippen LogP contribution in [0.3, 0.4) is 0 Å². The third-order valence-corrected chi connectivity index (χ3v) is 6.79. The summed E-state index contributed by atoms with van der Waals surface area (Å²) in [6.07, 6.45) is 1.36. The number of methoxy groups -OCH3 is 1. The van der Waals surface area contributed by atoms with Crippen molar-refractivity contribution in [2.24, 2.45) is 0 Å². The zero-order valence-corrected chi connectivity index (χ0v) is 19.4. The predicted octanol–water partition coefficient (Wildman–Crippen LogP) is 4.89. The topological polar surface area (TPSA) is 66.5 Å². The van der Waals surface area contributed by atoms with E-state index >= 15 is 0 Å². The molecule has 182 valence electrons. The molecule has 1 aromatic heterocycles. The van der Waals surface area contributed by atoms with Crippen molar-refractivity contribution in [1.82, 2.24) is 10.3 Å². The van der Waals surface area contributed by atoms with Crippen molar-refractivity contribution < 1.29 is 23.4 Å². The van der Waals surface area contributed by atoms with Gasteiger partial charge in [0.05, 0.1) is 32.0 Å². The van der Waals surface area contributed by atoms with Crippen LogP contribution in [0.1, 0.15) is 29.0 Å². The van der Waals surface area contributed by atoms with E-state index in [-0.39, 0.29) is 29.7 Å². The number of aliphatic hydroxyl groups is 1. The van der Waals surface area contributed by atoms with Crippen molar-refractivity contribution in [3.63, 3.8) is 0 Å². The molecule has 1 aliphatic rings. The van der Waals surface area contributed by atoms with Crippen molar-refractivity contribution >= 4 is 10.9 Å². The summed E-state index contributed by atoms with van der Waals surface area (Å²) < 4.78 is 38.7. The third kappa shape index (κ3) is 5.07. The molecule has 7 heteroatoms. The highest BCUT2D eigenvalue weighted by Gasteiger charge is 2.35. The fraction of sp³-hybridized carbons (Fsp3) is 0.286. The normalized spacial score (nSPS) is 20.4. The van der Waals surface area contributed by atoms with Crippen LogP contribution >= 0.6 is 0 Å². The third-order valence-electron chi connectivity index (χ3n) is 6.79. The minimum absolute atomic E-state index is 0.246. The zero-order valence-electron chi connectivity index (χ0n) is 19.4. The molecule has 1 saturated heterocycles. The molecule has 5 nitrogen and oxygen atoms in total. The van der Waals surface area contributed by atoms with Crippen LogP contribution in [0.4, 0.5) is 8.78 Å². The van der Waals surface area contributed by atoms with Gasteiger partial charge in [0.15, 0.2) is 0 Å². The summed E-state index contributed by atoms with van der Waals surface area (Å²) >= 11 is 0. The molecule has 1 fully saturated rings. The van der Waals surface area contributed by atoms with Crippen molar-refractivity contribution in [3.8, 4) is 5.75 Å². The largest absolute Gasteiger partial charge is 0.497 e. The fourth-order valence-electron chi connectivity index (χ4n) is 4.87. The van der Waals surface area contributed by atoms with Gasteiger partial charge in [-0.2, -0.15) is 0 Å². The molecule has 0 spiro atoms. The van der Waals surface area contributed by atoms with Gasteiger partial charge in [-0.3, -0.25) is 0 Å². The number of rotatable bonds is 7. The van der Waals surface area contributed by atoms with Crippen LogP contribution in [0.15, 0.2) is 72.9 Å². The van der Waals surface area contributed by atoms with Gasteiger partial charge in [-0.1, -0.05) is 24.3 Å². The number of aromatic amines is 1. The highest BCUT2D eigenvalue weighted by Crippen LogP contribution is 2.35. The Morgan fingerprint density at radius 3 is 2.29 bits per heavy atom. The first-order chi connectivity index (χ1) is 17.0. The van der Waals surface area contributed by atoms with Crippen LogP contribution in [0.2, 0.25) is 0 Å². The first-order valence-corrected chi connectivity index (χ1v) is 11.7. The van der Waals surface area contributed by atoms with Crippen LogP contribution in [0, 0.1) is 11.6 Å². The Kier molecular flexibility index (Phi) is 6.81. The predicted molar refractivity (Wildman–Crippen MR) is 130 cm³/mol. The second-order valence-corrected chi connectivity index (χ2v) is 8.97. The Morgan fingerprint density at radius 2 is 1.69 bits per heavy atom. The lowest BCUT2D eigenvalue weighted by molar-refractivity contribution is -0.0717. The monoisotopic (exact) mass is 478 g/mol. The molecule has 0 saturated carbocycles. The molecule has 35 heavy (non-hydrogen) atoms. The first-order valence-electron chi connectivity index (χ1n) is 11.7. The summed E-state index contributed by atoms with van der Waals surface area (Å²) in [6.45, 7) is 0.874. The lowest BCUT2D eigenvalue weighted by atomic mass is 9.82. The standard InChI is InChI=1S/C28H28F2N2O3/c1-34-22-10-11-24-23(12-22)19(14-31-24)15-32-25-16-35-27(13-26(25)33)28(17-2-6-20(29)7-3-17)18-4-8-21(30)9-5-18/h2-12,14,25-28,31-33H,13,15-16H2,1H3. The fourth-order valence-corrected chi connectivity index (χ4v) is 4.87. The van der Waals surface area contributed by atoms with E-state index in [9.17, 15) is 13.9 Å². The average molecular weight is 479 g/mol. The maximum atomic E-state index is 13.6. The Hall–Kier alpha value is -3.26. The van der Waals surface area contributed by atoms with Crippen molar-refractivity contribution in [3.05, 3.63) is 101 Å². The Balaban J connectivity index is 1.30. The molecule has 0 bridgehead atoms. The quantitative estimate of drug-likeness (QED) is 0.354.